The second-order valence-electron chi connectivity index (χ2n) is 6.23. The fourth-order valence-electron chi connectivity index (χ4n) is 3.11. The molecule has 5 heteroatoms. The summed E-state index contributed by atoms with van der Waals surface area (Å²) in [6, 6.07) is 8.15. The number of hydrogen-bond donors (Lipinski definition) is 2. The molecular weight excluding hydrogens is 288 g/mol. The van der Waals surface area contributed by atoms with Crippen LogP contribution in [0.25, 0.3) is 0 Å². The van der Waals surface area contributed by atoms with Crippen molar-refractivity contribution in [1.29, 1.82) is 0 Å². The van der Waals surface area contributed by atoms with Crippen LogP contribution in [0.3, 0.4) is 0 Å². The van der Waals surface area contributed by atoms with E-state index < -0.39 is 0 Å². The van der Waals surface area contributed by atoms with Gasteiger partial charge >= 0.3 is 0 Å². The van der Waals surface area contributed by atoms with Crippen molar-refractivity contribution >= 4 is 17.3 Å². The zero-order valence-electron chi connectivity index (χ0n) is 13.9. The normalized spacial score (nSPS) is 14.8. The van der Waals surface area contributed by atoms with Gasteiger partial charge < -0.3 is 10.2 Å². The summed E-state index contributed by atoms with van der Waals surface area (Å²) in [7, 11) is 0. The highest BCUT2D eigenvalue weighted by Gasteiger charge is 2.13. The van der Waals surface area contributed by atoms with Gasteiger partial charge in [-0.2, -0.15) is 5.10 Å². The zero-order valence-corrected chi connectivity index (χ0v) is 13.9. The number of carbonyl (C=O) groups is 1. The number of carbonyl (C=O) groups excluding carboxylic acids is 1. The number of H-pyrrole nitrogens is 1. The standard InChI is InChI=1S/C18H24N4O/c1-13-17(14(2)21-20-13)12-18(23)19-15-6-8-16(9-7-15)22-10-4-3-5-11-22/h6-9H,3-5,10-12H2,1-2H3,(H,19,23)(H,20,21). The van der Waals surface area contributed by atoms with Crippen molar-refractivity contribution in [2.75, 3.05) is 23.3 Å². The van der Waals surface area contributed by atoms with Gasteiger partial charge in [-0.25, -0.2) is 0 Å². The smallest absolute Gasteiger partial charge is 0.228 e. The van der Waals surface area contributed by atoms with Crippen molar-refractivity contribution in [1.82, 2.24) is 10.2 Å². The molecule has 0 aliphatic carbocycles. The van der Waals surface area contributed by atoms with Gasteiger partial charge in [0.2, 0.25) is 5.91 Å². The van der Waals surface area contributed by atoms with E-state index in [1.807, 2.05) is 26.0 Å². The number of benzene rings is 1. The molecule has 0 bridgehead atoms. The van der Waals surface area contributed by atoms with Crippen LogP contribution in [0.2, 0.25) is 0 Å². The number of piperidine rings is 1. The van der Waals surface area contributed by atoms with Crippen LogP contribution >= 0.6 is 0 Å². The molecule has 2 N–H and O–H groups in total. The lowest BCUT2D eigenvalue weighted by Crippen LogP contribution is -2.29. The molecule has 0 radical (unpaired) electrons. The van der Waals surface area contributed by atoms with Crippen LogP contribution in [0.15, 0.2) is 24.3 Å². The average molecular weight is 312 g/mol. The number of aromatic nitrogens is 2. The summed E-state index contributed by atoms with van der Waals surface area (Å²) in [5.74, 6) is -0.0108. The number of nitrogens with zero attached hydrogens (tertiary/aromatic N) is 2. The quantitative estimate of drug-likeness (QED) is 0.911. The Hall–Kier alpha value is -2.30. The van der Waals surface area contributed by atoms with Gasteiger partial charge in [-0.15, -0.1) is 0 Å². The number of hydrogen-bond acceptors (Lipinski definition) is 3. The fraction of sp³-hybridized carbons (Fsp3) is 0.444. The summed E-state index contributed by atoms with van der Waals surface area (Å²) in [6.45, 7) is 6.12. The molecular formula is C18H24N4O. The number of aromatic amines is 1. The number of nitrogens with one attached hydrogen (secondary N) is 2. The van der Waals surface area contributed by atoms with E-state index in [9.17, 15) is 4.79 Å². The van der Waals surface area contributed by atoms with Gasteiger partial charge in [-0.3, -0.25) is 9.89 Å². The van der Waals surface area contributed by atoms with Gasteiger partial charge in [0.15, 0.2) is 0 Å². The van der Waals surface area contributed by atoms with Crippen LogP contribution in [0.4, 0.5) is 11.4 Å². The Labute approximate surface area is 137 Å². The second kappa shape index (κ2) is 6.86. The summed E-state index contributed by atoms with van der Waals surface area (Å²) >= 11 is 0. The summed E-state index contributed by atoms with van der Waals surface area (Å²) in [5.41, 5.74) is 4.91. The maximum Gasteiger partial charge on any atom is 0.228 e. The minimum absolute atomic E-state index is 0.0108. The molecule has 5 nitrogen and oxygen atoms in total. The van der Waals surface area contributed by atoms with E-state index in [4.69, 9.17) is 0 Å². The van der Waals surface area contributed by atoms with Crippen LogP contribution in [0.5, 0.6) is 0 Å². The molecule has 1 aliphatic rings. The fourth-order valence-corrected chi connectivity index (χ4v) is 3.11. The Balaban J connectivity index is 1.60. The van der Waals surface area contributed by atoms with E-state index in [1.165, 1.54) is 24.9 Å². The molecule has 0 unspecified atom stereocenters. The van der Waals surface area contributed by atoms with Crippen molar-refractivity contribution in [3.05, 3.63) is 41.2 Å². The van der Waals surface area contributed by atoms with E-state index in [2.05, 4.69) is 32.5 Å². The number of amides is 1. The summed E-state index contributed by atoms with van der Waals surface area (Å²) in [6.07, 6.45) is 4.21. The maximum atomic E-state index is 12.2. The zero-order chi connectivity index (χ0) is 16.2. The van der Waals surface area contributed by atoms with E-state index in [0.29, 0.717) is 6.42 Å². The summed E-state index contributed by atoms with van der Waals surface area (Å²) < 4.78 is 0. The van der Waals surface area contributed by atoms with Gasteiger partial charge in [-0.1, -0.05) is 0 Å². The molecule has 1 fully saturated rings. The van der Waals surface area contributed by atoms with Crippen LogP contribution in [0.1, 0.15) is 36.2 Å². The van der Waals surface area contributed by atoms with Crippen LogP contribution in [0, 0.1) is 13.8 Å². The minimum atomic E-state index is -0.0108. The molecule has 1 aromatic heterocycles. The Morgan fingerprint density at radius 2 is 1.87 bits per heavy atom. The van der Waals surface area contributed by atoms with Crippen molar-refractivity contribution in [2.24, 2.45) is 0 Å². The highest BCUT2D eigenvalue weighted by Crippen LogP contribution is 2.22. The first-order chi connectivity index (χ1) is 11.1. The Morgan fingerprint density at radius 1 is 1.17 bits per heavy atom. The van der Waals surface area contributed by atoms with Crippen LogP contribution < -0.4 is 10.2 Å². The summed E-state index contributed by atoms with van der Waals surface area (Å²) in [5, 5.41) is 10.0. The third-order valence-electron chi connectivity index (χ3n) is 4.49. The lowest BCUT2D eigenvalue weighted by Gasteiger charge is -2.28. The topological polar surface area (TPSA) is 61.0 Å². The van der Waals surface area contributed by atoms with Crippen molar-refractivity contribution < 1.29 is 4.79 Å². The number of anilines is 2. The largest absolute Gasteiger partial charge is 0.372 e. The predicted octanol–water partition coefficient (Wildman–Crippen LogP) is 3.20. The lowest BCUT2D eigenvalue weighted by molar-refractivity contribution is -0.115. The van der Waals surface area contributed by atoms with E-state index in [-0.39, 0.29) is 5.91 Å². The molecule has 122 valence electrons. The van der Waals surface area contributed by atoms with Gasteiger partial charge in [0.1, 0.15) is 0 Å². The molecule has 1 amide bonds. The third-order valence-corrected chi connectivity index (χ3v) is 4.49. The maximum absolute atomic E-state index is 12.2. The molecule has 2 heterocycles. The molecule has 3 rings (SSSR count). The third kappa shape index (κ3) is 3.73. The Morgan fingerprint density at radius 3 is 2.48 bits per heavy atom. The monoisotopic (exact) mass is 312 g/mol. The molecule has 0 spiro atoms. The minimum Gasteiger partial charge on any atom is -0.372 e. The van der Waals surface area contributed by atoms with Crippen LogP contribution in [-0.4, -0.2) is 29.2 Å². The van der Waals surface area contributed by atoms with Gasteiger partial charge in [0, 0.05) is 35.7 Å². The molecule has 1 aliphatic heterocycles. The molecule has 1 saturated heterocycles. The first kappa shape index (κ1) is 15.6. The van der Waals surface area contributed by atoms with Crippen molar-refractivity contribution in [3.8, 4) is 0 Å². The first-order valence-electron chi connectivity index (χ1n) is 8.29. The molecule has 2 aromatic rings. The van der Waals surface area contributed by atoms with E-state index in [0.717, 1.165) is 35.7 Å². The number of aryl methyl sites for hydroxylation is 2. The highest BCUT2D eigenvalue weighted by molar-refractivity contribution is 5.92. The highest BCUT2D eigenvalue weighted by atomic mass is 16.1. The number of rotatable bonds is 4. The molecule has 1 aromatic carbocycles. The average Bonchev–Trinajstić information content (AvgIpc) is 2.88. The van der Waals surface area contributed by atoms with Gasteiger partial charge in [0.25, 0.3) is 0 Å². The van der Waals surface area contributed by atoms with Crippen molar-refractivity contribution in [3.63, 3.8) is 0 Å². The molecule has 0 atom stereocenters. The van der Waals surface area contributed by atoms with Crippen molar-refractivity contribution in [2.45, 2.75) is 39.5 Å². The van der Waals surface area contributed by atoms with E-state index >= 15 is 0 Å². The van der Waals surface area contributed by atoms with Gasteiger partial charge in [0.05, 0.1) is 12.1 Å². The molecule has 23 heavy (non-hydrogen) atoms. The Bertz CT molecular complexity index is 649. The van der Waals surface area contributed by atoms with E-state index in [1.54, 1.807) is 0 Å². The van der Waals surface area contributed by atoms with Gasteiger partial charge in [-0.05, 0) is 57.4 Å². The molecule has 0 saturated carbocycles. The summed E-state index contributed by atoms with van der Waals surface area (Å²) in [4.78, 5) is 14.6. The second-order valence-corrected chi connectivity index (χ2v) is 6.23. The Kier molecular flexibility index (Phi) is 4.65. The van der Waals surface area contributed by atoms with Crippen LogP contribution in [-0.2, 0) is 11.2 Å². The SMILES string of the molecule is Cc1n[nH]c(C)c1CC(=O)Nc1ccc(N2CCCCC2)cc1. The first-order valence-corrected chi connectivity index (χ1v) is 8.29. The lowest BCUT2D eigenvalue weighted by atomic mass is 10.1. The predicted molar refractivity (Wildman–Crippen MR) is 92.9 cm³/mol.